The summed E-state index contributed by atoms with van der Waals surface area (Å²) in [6, 6.07) is 8.26. The number of methoxy groups -OCH3 is 1. The van der Waals surface area contributed by atoms with Crippen LogP contribution in [0.5, 0.6) is 5.75 Å². The van der Waals surface area contributed by atoms with Crippen LogP contribution in [0.25, 0.3) is 0 Å². The van der Waals surface area contributed by atoms with E-state index in [-0.39, 0.29) is 6.04 Å². The minimum atomic E-state index is 0.179. The molecule has 1 atom stereocenters. The molecule has 0 fully saturated rings. The van der Waals surface area contributed by atoms with E-state index >= 15 is 0 Å². The number of benzene rings is 1. The molecule has 2 rings (SSSR count). The maximum Gasteiger partial charge on any atom is 0.276 e. The lowest BCUT2D eigenvalue weighted by Gasteiger charge is -2.20. The van der Waals surface area contributed by atoms with E-state index in [1.54, 1.807) is 25.8 Å². The van der Waals surface area contributed by atoms with Crippen molar-refractivity contribution in [2.24, 2.45) is 0 Å². The third kappa shape index (κ3) is 4.47. The van der Waals surface area contributed by atoms with E-state index in [9.17, 15) is 0 Å². The Bertz CT molecular complexity index is 559. The van der Waals surface area contributed by atoms with Gasteiger partial charge in [0.05, 0.1) is 7.11 Å². The largest absolute Gasteiger partial charge is 0.496 e. The number of ether oxygens (including phenoxy) is 1. The van der Waals surface area contributed by atoms with Crippen molar-refractivity contribution in [1.29, 1.82) is 0 Å². The molecule has 0 aliphatic carbocycles. The fourth-order valence-corrected chi connectivity index (χ4v) is 2.91. The van der Waals surface area contributed by atoms with Gasteiger partial charge in [-0.3, -0.25) is 0 Å². The SMILES string of the molecule is CCCNC(CSc1nnc(C)o1)c1ccccc1OC. The quantitative estimate of drug-likeness (QED) is 0.756. The first-order valence-electron chi connectivity index (χ1n) is 7.03. The van der Waals surface area contributed by atoms with Crippen molar-refractivity contribution in [3.8, 4) is 5.75 Å². The summed E-state index contributed by atoms with van der Waals surface area (Å²) in [7, 11) is 1.70. The maximum atomic E-state index is 5.46. The fourth-order valence-electron chi connectivity index (χ4n) is 2.02. The van der Waals surface area contributed by atoms with Crippen LogP contribution in [0, 0.1) is 6.92 Å². The molecule has 1 unspecified atom stereocenters. The van der Waals surface area contributed by atoms with Crippen molar-refractivity contribution < 1.29 is 9.15 Å². The molecule has 0 aliphatic rings. The lowest BCUT2D eigenvalue weighted by atomic mass is 10.1. The van der Waals surface area contributed by atoms with E-state index in [2.05, 4.69) is 28.5 Å². The molecule has 21 heavy (non-hydrogen) atoms. The second-order valence-electron chi connectivity index (χ2n) is 4.65. The van der Waals surface area contributed by atoms with Crippen LogP contribution in [-0.2, 0) is 0 Å². The van der Waals surface area contributed by atoms with Crippen LogP contribution >= 0.6 is 11.8 Å². The van der Waals surface area contributed by atoms with Gasteiger partial charge in [-0.05, 0) is 19.0 Å². The Labute approximate surface area is 129 Å². The zero-order valence-electron chi connectivity index (χ0n) is 12.6. The van der Waals surface area contributed by atoms with Crippen LogP contribution < -0.4 is 10.1 Å². The predicted molar refractivity (Wildman–Crippen MR) is 83.8 cm³/mol. The molecule has 114 valence electrons. The molecule has 2 aromatic rings. The zero-order chi connectivity index (χ0) is 15.1. The Balaban J connectivity index is 2.09. The molecule has 0 bridgehead atoms. The second-order valence-corrected chi connectivity index (χ2v) is 5.62. The van der Waals surface area contributed by atoms with Gasteiger partial charge in [0.1, 0.15) is 5.75 Å². The summed E-state index contributed by atoms with van der Waals surface area (Å²) in [5.74, 6) is 2.29. The molecule has 0 amide bonds. The van der Waals surface area contributed by atoms with Gasteiger partial charge in [0.15, 0.2) is 0 Å². The summed E-state index contributed by atoms with van der Waals surface area (Å²) in [4.78, 5) is 0. The van der Waals surface area contributed by atoms with Crippen LogP contribution in [0.4, 0.5) is 0 Å². The molecule has 1 N–H and O–H groups in total. The second kappa shape index (κ2) is 8.05. The van der Waals surface area contributed by atoms with Gasteiger partial charge in [-0.1, -0.05) is 36.9 Å². The third-order valence-electron chi connectivity index (χ3n) is 3.04. The number of thioether (sulfide) groups is 1. The van der Waals surface area contributed by atoms with Crippen molar-refractivity contribution in [1.82, 2.24) is 15.5 Å². The van der Waals surface area contributed by atoms with Gasteiger partial charge in [0.25, 0.3) is 5.22 Å². The van der Waals surface area contributed by atoms with Crippen molar-refractivity contribution in [3.63, 3.8) is 0 Å². The van der Waals surface area contributed by atoms with Gasteiger partial charge in [-0.15, -0.1) is 10.2 Å². The first-order chi connectivity index (χ1) is 10.2. The van der Waals surface area contributed by atoms with E-state index < -0.39 is 0 Å². The molecular formula is C15H21N3O2S. The first kappa shape index (κ1) is 15.9. The highest BCUT2D eigenvalue weighted by Gasteiger charge is 2.17. The van der Waals surface area contributed by atoms with E-state index in [1.165, 1.54) is 0 Å². The van der Waals surface area contributed by atoms with E-state index in [1.807, 2.05) is 18.2 Å². The molecule has 1 aromatic heterocycles. The molecule has 0 radical (unpaired) electrons. The highest BCUT2D eigenvalue weighted by molar-refractivity contribution is 7.99. The average molecular weight is 307 g/mol. The van der Waals surface area contributed by atoms with Crippen LogP contribution in [-0.4, -0.2) is 29.6 Å². The Morgan fingerprint density at radius 2 is 2.14 bits per heavy atom. The number of hydrogen-bond donors (Lipinski definition) is 1. The number of nitrogens with zero attached hydrogens (tertiary/aromatic N) is 2. The maximum absolute atomic E-state index is 5.46. The predicted octanol–water partition coefficient (Wildman–Crippen LogP) is 3.22. The number of aryl methyl sites for hydroxylation is 1. The van der Waals surface area contributed by atoms with Crippen LogP contribution in [0.2, 0.25) is 0 Å². The topological polar surface area (TPSA) is 60.2 Å². The number of para-hydroxylation sites is 1. The summed E-state index contributed by atoms with van der Waals surface area (Å²) in [5, 5.41) is 12.0. The van der Waals surface area contributed by atoms with Gasteiger partial charge < -0.3 is 14.5 Å². The van der Waals surface area contributed by atoms with Crippen molar-refractivity contribution in [3.05, 3.63) is 35.7 Å². The molecule has 1 aromatic carbocycles. The molecule has 5 nitrogen and oxygen atoms in total. The number of rotatable bonds is 8. The monoisotopic (exact) mass is 307 g/mol. The summed E-state index contributed by atoms with van der Waals surface area (Å²) < 4.78 is 10.9. The normalized spacial score (nSPS) is 12.3. The summed E-state index contributed by atoms with van der Waals surface area (Å²) in [5.41, 5.74) is 1.15. The molecule has 6 heteroatoms. The average Bonchev–Trinajstić information content (AvgIpc) is 2.93. The van der Waals surface area contributed by atoms with Gasteiger partial charge in [-0.25, -0.2) is 0 Å². The van der Waals surface area contributed by atoms with Crippen LogP contribution in [0.3, 0.4) is 0 Å². The summed E-state index contributed by atoms with van der Waals surface area (Å²) >= 11 is 1.56. The van der Waals surface area contributed by atoms with Gasteiger partial charge in [0, 0.05) is 24.3 Å². The summed E-state index contributed by atoms with van der Waals surface area (Å²) in [6.45, 7) is 4.90. The Hall–Kier alpha value is -1.53. The number of nitrogens with one attached hydrogen (secondary N) is 1. The van der Waals surface area contributed by atoms with Crippen molar-refractivity contribution in [2.75, 3.05) is 19.4 Å². The van der Waals surface area contributed by atoms with Gasteiger partial charge >= 0.3 is 0 Å². The molecule has 0 aliphatic heterocycles. The molecule has 0 saturated heterocycles. The first-order valence-corrected chi connectivity index (χ1v) is 8.02. The molecule has 0 saturated carbocycles. The highest BCUT2D eigenvalue weighted by Crippen LogP contribution is 2.29. The minimum absolute atomic E-state index is 0.179. The van der Waals surface area contributed by atoms with E-state index in [0.717, 1.165) is 30.0 Å². The minimum Gasteiger partial charge on any atom is -0.496 e. The molecule has 1 heterocycles. The van der Waals surface area contributed by atoms with Crippen LogP contribution in [0.1, 0.15) is 30.8 Å². The van der Waals surface area contributed by atoms with Crippen LogP contribution in [0.15, 0.2) is 33.9 Å². The van der Waals surface area contributed by atoms with Gasteiger partial charge in [-0.2, -0.15) is 0 Å². The highest BCUT2D eigenvalue weighted by atomic mass is 32.2. The lowest BCUT2D eigenvalue weighted by molar-refractivity contribution is 0.401. The molecular weight excluding hydrogens is 286 g/mol. The van der Waals surface area contributed by atoms with E-state index in [4.69, 9.17) is 9.15 Å². The smallest absolute Gasteiger partial charge is 0.276 e. The Kier molecular flexibility index (Phi) is 6.07. The third-order valence-corrected chi connectivity index (χ3v) is 3.95. The Morgan fingerprint density at radius 3 is 2.81 bits per heavy atom. The summed E-state index contributed by atoms with van der Waals surface area (Å²) in [6.07, 6.45) is 1.08. The lowest BCUT2D eigenvalue weighted by Crippen LogP contribution is -2.24. The standard InChI is InChI=1S/C15H21N3O2S/c1-4-9-16-13(10-21-15-18-17-11(2)20-15)12-7-5-6-8-14(12)19-3/h5-8,13,16H,4,9-10H2,1-3H3. The Morgan fingerprint density at radius 1 is 1.33 bits per heavy atom. The van der Waals surface area contributed by atoms with Crippen molar-refractivity contribution in [2.45, 2.75) is 31.5 Å². The van der Waals surface area contributed by atoms with Gasteiger partial charge in [0.2, 0.25) is 5.89 Å². The zero-order valence-corrected chi connectivity index (χ0v) is 13.4. The fraction of sp³-hybridized carbons (Fsp3) is 0.467. The van der Waals surface area contributed by atoms with E-state index in [0.29, 0.717) is 11.1 Å². The number of hydrogen-bond acceptors (Lipinski definition) is 6. The number of aromatic nitrogens is 2. The van der Waals surface area contributed by atoms with Crippen molar-refractivity contribution >= 4 is 11.8 Å². The molecule has 0 spiro atoms.